The molecule has 2 unspecified atom stereocenters. The number of carbonyl (C=O) groups excluding carboxylic acids is 1. The van der Waals surface area contributed by atoms with Gasteiger partial charge in [0.15, 0.2) is 0 Å². The Morgan fingerprint density at radius 3 is 2.54 bits per heavy atom. The van der Waals surface area contributed by atoms with Crippen molar-refractivity contribution in [2.75, 3.05) is 0 Å². The zero-order valence-electron chi connectivity index (χ0n) is 14.6. The van der Waals surface area contributed by atoms with Gasteiger partial charge in [0.05, 0.1) is 22.0 Å². The first-order valence-electron chi connectivity index (χ1n) is 8.49. The summed E-state index contributed by atoms with van der Waals surface area (Å²) in [5, 5.41) is 13.8. The van der Waals surface area contributed by atoms with Crippen LogP contribution < -0.4 is 5.32 Å². The lowest BCUT2D eigenvalue weighted by molar-refractivity contribution is -0.384. The van der Waals surface area contributed by atoms with E-state index in [9.17, 15) is 14.9 Å². The van der Waals surface area contributed by atoms with Crippen LogP contribution in [0, 0.1) is 16.0 Å². The van der Waals surface area contributed by atoms with Crippen LogP contribution in [0.2, 0.25) is 0 Å². The molecule has 7 nitrogen and oxygen atoms in total. The molecule has 2 N–H and O–H groups in total. The number of hydrogen-bond acceptors (Lipinski definition) is 4. The van der Waals surface area contributed by atoms with Crippen molar-refractivity contribution in [3.63, 3.8) is 0 Å². The molecular formula is C19H20N4O3. The molecule has 1 heterocycles. The van der Waals surface area contributed by atoms with Gasteiger partial charge in [-0.25, -0.2) is 4.98 Å². The second-order valence-electron chi connectivity index (χ2n) is 6.28. The van der Waals surface area contributed by atoms with Crippen LogP contribution in [0.15, 0.2) is 48.5 Å². The van der Waals surface area contributed by atoms with Gasteiger partial charge in [0, 0.05) is 17.7 Å². The number of nitro benzene ring substituents is 1. The van der Waals surface area contributed by atoms with E-state index in [1.807, 2.05) is 31.2 Å². The summed E-state index contributed by atoms with van der Waals surface area (Å²) in [6.45, 7) is 4.10. The fraction of sp³-hybridized carbons (Fsp3) is 0.263. The van der Waals surface area contributed by atoms with E-state index >= 15 is 0 Å². The second-order valence-corrected chi connectivity index (χ2v) is 6.28. The number of aromatic amines is 1. The first-order valence-corrected chi connectivity index (χ1v) is 8.49. The van der Waals surface area contributed by atoms with E-state index in [-0.39, 0.29) is 23.6 Å². The zero-order chi connectivity index (χ0) is 18.7. The van der Waals surface area contributed by atoms with E-state index in [1.54, 1.807) is 0 Å². The smallest absolute Gasteiger partial charge is 0.269 e. The first-order chi connectivity index (χ1) is 12.5. The van der Waals surface area contributed by atoms with E-state index in [1.165, 1.54) is 24.3 Å². The number of hydrogen-bond donors (Lipinski definition) is 2. The van der Waals surface area contributed by atoms with Gasteiger partial charge in [0.1, 0.15) is 5.82 Å². The number of non-ortho nitro benzene ring substituents is 1. The van der Waals surface area contributed by atoms with Crippen LogP contribution in [0.3, 0.4) is 0 Å². The van der Waals surface area contributed by atoms with Crippen molar-refractivity contribution in [2.24, 2.45) is 5.92 Å². The molecule has 0 aliphatic heterocycles. The molecule has 0 saturated heterocycles. The van der Waals surface area contributed by atoms with Crippen LogP contribution in [0.25, 0.3) is 11.0 Å². The lowest BCUT2D eigenvalue weighted by atomic mass is 9.98. The molecule has 0 fully saturated rings. The van der Waals surface area contributed by atoms with Crippen molar-refractivity contribution in [3.8, 4) is 0 Å². The first kappa shape index (κ1) is 17.6. The number of para-hydroxylation sites is 2. The Hall–Kier alpha value is -3.22. The van der Waals surface area contributed by atoms with Gasteiger partial charge in [-0.3, -0.25) is 14.9 Å². The number of aromatic nitrogens is 2. The standard InChI is InChI=1S/C19H20N4O3/c1-3-12(2)17(18-20-15-6-4-5-7-16(15)21-18)22-19(24)13-8-10-14(11-9-13)23(25)26/h4-12,17H,3H2,1-2H3,(H,20,21)(H,22,24). The van der Waals surface area contributed by atoms with Crippen molar-refractivity contribution < 1.29 is 9.72 Å². The van der Waals surface area contributed by atoms with Crippen molar-refractivity contribution in [3.05, 3.63) is 70.0 Å². The van der Waals surface area contributed by atoms with Crippen LogP contribution in [-0.2, 0) is 0 Å². The number of nitrogens with zero attached hydrogens (tertiary/aromatic N) is 2. The minimum absolute atomic E-state index is 0.0442. The van der Waals surface area contributed by atoms with Gasteiger partial charge >= 0.3 is 0 Å². The topological polar surface area (TPSA) is 101 Å². The zero-order valence-corrected chi connectivity index (χ0v) is 14.6. The van der Waals surface area contributed by atoms with Crippen LogP contribution in [0.1, 0.15) is 42.5 Å². The maximum atomic E-state index is 12.6. The summed E-state index contributed by atoms with van der Waals surface area (Å²) < 4.78 is 0. The summed E-state index contributed by atoms with van der Waals surface area (Å²) in [7, 11) is 0. The van der Waals surface area contributed by atoms with E-state index in [2.05, 4.69) is 22.2 Å². The highest BCUT2D eigenvalue weighted by atomic mass is 16.6. The molecule has 0 aliphatic rings. The Morgan fingerprint density at radius 2 is 1.92 bits per heavy atom. The Bertz CT molecular complexity index is 900. The van der Waals surface area contributed by atoms with E-state index in [4.69, 9.17) is 0 Å². The molecule has 1 amide bonds. The SMILES string of the molecule is CCC(C)C(NC(=O)c1ccc([N+](=O)[O-])cc1)c1nc2ccccc2[nH]1. The van der Waals surface area contributed by atoms with Gasteiger partial charge in [0.25, 0.3) is 11.6 Å². The maximum Gasteiger partial charge on any atom is 0.269 e. The highest BCUT2D eigenvalue weighted by Gasteiger charge is 2.24. The number of imidazole rings is 1. The molecule has 3 aromatic rings. The minimum Gasteiger partial charge on any atom is -0.342 e. The molecule has 0 radical (unpaired) electrons. The number of amides is 1. The lowest BCUT2D eigenvalue weighted by Gasteiger charge is -2.22. The summed E-state index contributed by atoms with van der Waals surface area (Å²) in [4.78, 5) is 30.8. The summed E-state index contributed by atoms with van der Waals surface area (Å²) in [5.74, 6) is 0.582. The molecule has 26 heavy (non-hydrogen) atoms. The average Bonchev–Trinajstić information content (AvgIpc) is 3.09. The summed E-state index contributed by atoms with van der Waals surface area (Å²) >= 11 is 0. The molecule has 134 valence electrons. The molecule has 0 saturated carbocycles. The Morgan fingerprint density at radius 1 is 1.23 bits per heavy atom. The number of nitro groups is 1. The van der Waals surface area contributed by atoms with Gasteiger partial charge in [-0.2, -0.15) is 0 Å². The largest absolute Gasteiger partial charge is 0.342 e. The number of benzene rings is 2. The molecule has 1 aromatic heterocycles. The van der Waals surface area contributed by atoms with Gasteiger partial charge in [0.2, 0.25) is 0 Å². The Labute approximate surface area is 150 Å². The fourth-order valence-corrected chi connectivity index (χ4v) is 2.79. The quantitative estimate of drug-likeness (QED) is 0.517. The molecule has 0 bridgehead atoms. The minimum atomic E-state index is -0.488. The summed E-state index contributed by atoms with van der Waals surface area (Å²) in [6.07, 6.45) is 0.863. The third-order valence-corrected chi connectivity index (χ3v) is 4.54. The van der Waals surface area contributed by atoms with Crippen LogP contribution in [-0.4, -0.2) is 20.8 Å². The van der Waals surface area contributed by atoms with Crippen molar-refractivity contribution in [1.29, 1.82) is 0 Å². The van der Waals surface area contributed by atoms with E-state index in [0.29, 0.717) is 11.4 Å². The Kier molecular flexibility index (Phi) is 4.97. The van der Waals surface area contributed by atoms with Gasteiger partial charge < -0.3 is 10.3 Å². The van der Waals surface area contributed by atoms with Gasteiger partial charge in [-0.1, -0.05) is 32.4 Å². The predicted octanol–water partition coefficient (Wildman–Crippen LogP) is 3.99. The third-order valence-electron chi connectivity index (χ3n) is 4.54. The predicted molar refractivity (Wildman–Crippen MR) is 98.9 cm³/mol. The lowest BCUT2D eigenvalue weighted by Crippen LogP contribution is -2.33. The highest BCUT2D eigenvalue weighted by Crippen LogP contribution is 2.25. The van der Waals surface area contributed by atoms with Gasteiger partial charge in [-0.15, -0.1) is 0 Å². The molecule has 0 aliphatic carbocycles. The number of nitrogens with one attached hydrogen (secondary N) is 2. The molecular weight excluding hydrogens is 332 g/mol. The number of rotatable bonds is 6. The summed E-state index contributed by atoms with van der Waals surface area (Å²) in [5.41, 5.74) is 2.10. The maximum absolute atomic E-state index is 12.6. The van der Waals surface area contributed by atoms with Crippen molar-refractivity contribution in [2.45, 2.75) is 26.3 Å². The number of carbonyl (C=O) groups is 1. The number of H-pyrrole nitrogens is 1. The Balaban J connectivity index is 1.86. The normalized spacial score (nSPS) is 13.3. The van der Waals surface area contributed by atoms with Crippen LogP contribution in [0.5, 0.6) is 0 Å². The molecule has 2 aromatic carbocycles. The molecule has 0 spiro atoms. The van der Waals surface area contributed by atoms with Crippen molar-refractivity contribution >= 4 is 22.6 Å². The summed E-state index contributed by atoms with van der Waals surface area (Å²) in [6, 6.07) is 13.0. The second kappa shape index (κ2) is 7.35. The molecule has 3 rings (SSSR count). The monoisotopic (exact) mass is 352 g/mol. The molecule has 2 atom stereocenters. The number of fused-ring (bicyclic) bond motifs is 1. The van der Waals surface area contributed by atoms with Crippen LogP contribution in [0.4, 0.5) is 5.69 Å². The third kappa shape index (κ3) is 3.56. The van der Waals surface area contributed by atoms with Crippen molar-refractivity contribution in [1.82, 2.24) is 15.3 Å². The van der Waals surface area contributed by atoms with E-state index in [0.717, 1.165) is 17.5 Å². The average molecular weight is 352 g/mol. The van der Waals surface area contributed by atoms with Gasteiger partial charge in [-0.05, 0) is 30.2 Å². The fourth-order valence-electron chi connectivity index (χ4n) is 2.79. The van der Waals surface area contributed by atoms with E-state index < -0.39 is 4.92 Å². The highest BCUT2D eigenvalue weighted by molar-refractivity contribution is 5.94. The molecule has 7 heteroatoms. The van der Waals surface area contributed by atoms with Crippen LogP contribution >= 0.6 is 0 Å².